The van der Waals surface area contributed by atoms with Gasteiger partial charge in [0, 0.05) is 12.5 Å². The zero-order valence-electron chi connectivity index (χ0n) is 9.68. The number of halogens is 3. The number of carbonyl (C=O) groups is 1. The van der Waals surface area contributed by atoms with Gasteiger partial charge < -0.3 is 10.6 Å². The molecule has 6 heteroatoms. The molecular formula is C10H19F3N2O. The van der Waals surface area contributed by atoms with Crippen LogP contribution in [-0.4, -0.2) is 36.6 Å². The molecule has 0 saturated heterocycles. The Hall–Kier alpha value is -0.780. The second kappa shape index (κ2) is 6.73. The number of hydrogen-bond acceptors (Lipinski definition) is 2. The summed E-state index contributed by atoms with van der Waals surface area (Å²) in [6, 6.07) is 0. The van der Waals surface area contributed by atoms with Gasteiger partial charge in [0.1, 0.15) is 6.54 Å². The Kier molecular flexibility index (Phi) is 6.40. The van der Waals surface area contributed by atoms with E-state index < -0.39 is 24.5 Å². The highest BCUT2D eigenvalue weighted by molar-refractivity contribution is 5.78. The summed E-state index contributed by atoms with van der Waals surface area (Å²) in [5, 5.41) is 0. The lowest BCUT2D eigenvalue weighted by Gasteiger charge is -2.25. The smallest absolute Gasteiger partial charge is 0.334 e. The molecule has 0 aliphatic heterocycles. The maximum Gasteiger partial charge on any atom is 0.406 e. The van der Waals surface area contributed by atoms with Crippen LogP contribution in [0.1, 0.15) is 26.7 Å². The predicted molar refractivity (Wildman–Crippen MR) is 55.8 cm³/mol. The Morgan fingerprint density at radius 3 is 2.38 bits per heavy atom. The van der Waals surface area contributed by atoms with Crippen LogP contribution in [0, 0.1) is 5.92 Å². The molecule has 0 aliphatic carbocycles. The number of carbonyl (C=O) groups excluding carboxylic acids is 1. The van der Waals surface area contributed by atoms with Gasteiger partial charge in [-0.15, -0.1) is 0 Å². The molecule has 0 saturated carbocycles. The fraction of sp³-hybridized carbons (Fsp3) is 0.900. The Morgan fingerprint density at radius 2 is 2.00 bits per heavy atom. The van der Waals surface area contributed by atoms with Crippen molar-refractivity contribution in [1.29, 1.82) is 0 Å². The first-order valence-electron chi connectivity index (χ1n) is 5.37. The number of rotatable bonds is 6. The van der Waals surface area contributed by atoms with Crippen LogP contribution >= 0.6 is 0 Å². The SMILES string of the molecule is CCN(CC(F)(F)F)C(=O)C(C)CCCN. The van der Waals surface area contributed by atoms with E-state index >= 15 is 0 Å². The van der Waals surface area contributed by atoms with Crippen molar-refractivity contribution < 1.29 is 18.0 Å². The highest BCUT2D eigenvalue weighted by Crippen LogP contribution is 2.18. The number of nitrogens with two attached hydrogens (primary N) is 1. The summed E-state index contributed by atoms with van der Waals surface area (Å²) >= 11 is 0. The molecule has 16 heavy (non-hydrogen) atoms. The Labute approximate surface area is 93.8 Å². The molecule has 0 radical (unpaired) electrons. The van der Waals surface area contributed by atoms with Crippen LogP contribution in [-0.2, 0) is 4.79 Å². The van der Waals surface area contributed by atoms with Gasteiger partial charge in [0.2, 0.25) is 5.91 Å². The summed E-state index contributed by atoms with van der Waals surface area (Å²) in [5.41, 5.74) is 5.28. The van der Waals surface area contributed by atoms with E-state index in [0.29, 0.717) is 19.4 Å². The zero-order chi connectivity index (χ0) is 12.8. The minimum atomic E-state index is -4.33. The van der Waals surface area contributed by atoms with Crippen molar-refractivity contribution >= 4 is 5.91 Å². The van der Waals surface area contributed by atoms with E-state index in [4.69, 9.17) is 5.73 Å². The normalized spacial score (nSPS) is 13.6. The summed E-state index contributed by atoms with van der Waals surface area (Å²) in [4.78, 5) is 12.5. The van der Waals surface area contributed by atoms with Crippen molar-refractivity contribution in [2.45, 2.75) is 32.9 Å². The number of amides is 1. The molecule has 1 atom stereocenters. The third-order valence-electron chi connectivity index (χ3n) is 2.33. The van der Waals surface area contributed by atoms with Gasteiger partial charge >= 0.3 is 6.18 Å². The Balaban J connectivity index is 4.30. The number of alkyl halides is 3. The summed E-state index contributed by atoms with van der Waals surface area (Å²) in [7, 11) is 0. The lowest BCUT2D eigenvalue weighted by Crippen LogP contribution is -2.41. The lowest BCUT2D eigenvalue weighted by atomic mass is 10.0. The predicted octanol–water partition coefficient (Wildman–Crippen LogP) is 1.77. The van der Waals surface area contributed by atoms with Crippen molar-refractivity contribution in [3.05, 3.63) is 0 Å². The van der Waals surface area contributed by atoms with E-state index in [1.807, 2.05) is 0 Å². The lowest BCUT2D eigenvalue weighted by molar-refractivity contribution is -0.163. The van der Waals surface area contributed by atoms with E-state index in [0.717, 1.165) is 4.90 Å². The van der Waals surface area contributed by atoms with Crippen LogP contribution in [0.25, 0.3) is 0 Å². The molecular weight excluding hydrogens is 221 g/mol. The van der Waals surface area contributed by atoms with Gasteiger partial charge in [-0.2, -0.15) is 13.2 Å². The number of hydrogen-bond donors (Lipinski definition) is 1. The van der Waals surface area contributed by atoms with Crippen molar-refractivity contribution in [2.24, 2.45) is 11.7 Å². The van der Waals surface area contributed by atoms with Gasteiger partial charge in [-0.1, -0.05) is 6.92 Å². The van der Waals surface area contributed by atoms with Crippen LogP contribution in [0.15, 0.2) is 0 Å². The van der Waals surface area contributed by atoms with Crippen LogP contribution in [0.3, 0.4) is 0 Å². The average molecular weight is 240 g/mol. The van der Waals surface area contributed by atoms with Gasteiger partial charge in [0.25, 0.3) is 0 Å². The molecule has 96 valence electrons. The highest BCUT2D eigenvalue weighted by Gasteiger charge is 2.33. The van der Waals surface area contributed by atoms with E-state index in [2.05, 4.69) is 0 Å². The minimum Gasteiger partial charge on any atom is -0.334 e. The van der Waals surface area contributed by atoms with Crippen LogP contribution in [0.2, 0.25) is 0 Å². The molecule has 0 heterocycles. The number of nitrogens with zero attached hydrogens (tertiary/aromatic N) is 1. The Bertz CT molecular complexity index is 219. The minimum absolute atomic E-state index is 0.0747. The van der Waals surface area contributed by atoms with E-state index in [9.17, 15) is 18.0 Å². The molecule has 2 N–H and O–H groups in total. The highest BCUT2D eigenvalue weighted by atomic mass is 19.4. The molecule has 3 nitrogen and oxygen atoms in total. The monoisotopic (exact) mass is 240 g/mol. The first-order valence-corrected chi connectivity index (χ1v) is 5.37. The molecule has 0 aliphatic rings. The van der Waals surface area contributed by atoms with E-state index in [-0.39, 0.29) is 6.54 Å². The topological polar surface area (TPSA) is 46.3 Å². The molecule has 0 fully saturated rings. The third-order valence-corrected chi connectivity index (χ3v) is 2.33. The van der Waals surface area contributed by atoms with Crippen LogP contribution < -0.4 is 5.73 Å². The van der Waals surface area contributed by atoms with Crippen molar-refractivity contribution in [1.82, 2.24) is 4.90 Å². The fourth-order valence-corrected chi connectivity index (χ4v) is 1.42. The third kappa shape index (κ3) is 5.95. The van der Waals surface area contributed by atoms with Crippen LogP contribution in [0.5, 0.6) is 0 Å². The summed E-state index contributed by atoms with van der Waals surface area (Å²) in [6.45, 7) is 2.53. The summed E-state index contributed by atoms with van der Waals surface area (Å²) < 4.78 is 36.5. The van der Waals surface area contributed by atoms with Crippen molar-refractivity contribution in [2.75, 3.05) is 19.6 Å². The van der Waals surface area contributed by atoms with Crippen molar-refractivity contribution in [3.8, 4) is 0 Å². The molecule has 1 unspecified atom stereocenters. The summed E-state index contributed by atoms with van der Waals surface area (Å²) in [5.74, 6) is -0.848. The molecule has 0 rings (SSSR count). The first-order chi connectivity index (χ1) is 7.31. The maximum absolute atomic E-state index is 12.2. The molecule has 1 amide bonds. The second-order valence-electron chi connectivity index (χ2n) is 3.80. The Morgan fingerprint density at radius 1 is 1.44 bits per heavy atom. The van der Waals surface area contributed by atoms with Crippen LogP contribution in [0.4, 0.5) is 13.2 Å². The van der Waals surface area contributed by atoms with Gasteiger partial charge in [-0.25, -0.2) is 0 Å². The van der Waals surface area contributed by atoms with Gasteiger partial charge in [0.05, 0.1) is 0 Å². The molecule has 0 aromatic heterocycles. The first kappa shape index (κ1) is 15.2. The molecule has 0 aromatic rings. The van der Waals surface area contributed by atoms with Gasteiger partial charge in [0.15, 0.2) is 0 Å². The molecule has 0 spiro atoms. The second-order valence-corrected chi connectivity index (χ2v) is 3.80. The zero-order valence-corrected chi connectivity index (χ0v) is 9.68. The largest absolute Gasteiger partial charge is 0.406 e. The van der Waals surface area contributed by atoms with E-state index in [1.165, 1.54) is 0 Å². The standard InChI is InChI=1S/C10H19F3N2O/c1-3-15(7-10(11,12)13)9(16)8(2)5-4-6-14/h8H,3-7,14H2,1-2H3. The molecule has 0 bridgehead atoms. The van der Waals surface area contributed by atoms with Gasteiger partial charge in [-0.05, 0) is 26.3 Å². The summed E-state index contributed by atoms with van der Waals surface area (Å²) in [6.07, 6.45) is -3.15. The average Bonchev–Trinajstić information content (AvgIpc) is 2.20. The molecule has 0 aromatic carbocycles. The quantitative estimate of drug-likeness (QED) is 0.769. The van der Waals surface area contributed by atoms with Crippen molar-refractivity contribution in [3.63, 3.8) is 0 Å². The fourth-order valence-electron chi connectivity index (χ4n) is 1.42. The maximum atomic E-state index is 12.2. The van der Waals surface area contributed by atoms with E-state index in [1.54, 1.807) is 13.8 Å². The van der Waals surface area contributed by atoms with Gasteiger partial charge in [-0.3, -0.25) is 4.79 Å².